The lowest BCUT2D eigenvalue weighted by atomic mass is 10.2. The molecule has 2 aromatic carbocycles. The van der Waals surface area contributed by atoms with Crippen LogP contribution in [0.4, 0.5) is 0 Å². The Morgan fingerprint density at radius 2 is 1.62 bits per heavy atom. The van der Waals surface area contributed by atoms with Gasteiger partial charge in [-0.05, 0) is 30.3 Å². The number of carbonyl (C=O) groups excluding carboxylic acids is 2. The summed E-state index contributed by atoms with van der Waals surface area (Å²) in [6.07, 6.45) is 1.44. The molecule has 9 nitrogen and oxygen atoms in total. The van der Waals surface area contributed by atoms with Crippen LogP contribution in [0.1, 0.15) is 15.9 Å². The SMILES string of the molecule is COc1ccc(/C=N/NC(=O)CNC(=O)c2ccc(OC)c(OC)c2)c(OC)c1. The van der Waals surface area contributed by atoms with Gasteiger partial charge < -0.3 is 24.3 Å². The van der Waals surface area contributed by atoms with E-state index in [9.17, 15) is 9.59 Å². The Hall–Kier alpha value is -3.75. The number of carbonyl (C=O) groups is 2. The second-order valence-corrected chi connectivity index (χ2v) is 5.65. The standard InChI is InChI=1S/C20H23N3O6/c1-26-15-7-5-14(17(10-15)28-3)11-22-23-19(24)12-21-20(25)13-6-8-16(27-2)18(9-13)29-4/h5-11H,12H2,1-4H3,(H,21,25)(H,23,24)/b22-11+. The topological polar surface area (TPSA) is 107 Å². The minimum absolute atomic E-state index is 0.246. The molecule has 0 aliphatic carbocycles. The van der Waals surface area contributed by atoms with Crippen LogP contribution in [0, 0.1) is 0 Å². The number of nitrogens with one attached hydrogen (secondary N) is 2. The average molecular weight is 401 g/mol. The summed E-state index contributed by atoms with van der Waals surface area (Å²) in [6.45, 7) is -0.246. The summed E-state index contributed by atoms with van der Waals surface area (Å²) in [5.41, 5.74) is 3.33. The minimum atomic E-state index is -0.484. The summed E-state index contributed by atoms with van der Waals surface area (Å²) < 4.78 is 20.7. The quantitative estimate of drug-likeness (QED) is 0.488. The number of methoxy groups -OCH3 is 4. The van der Waals surface area contributed by atoms with Crippen LogP contribution in [0.3, 0.4) is 0 Å². The number of ether oxygens (including phenoxy) is 4. The molecule has 0 saturated carbocycles. The lowest BCUT2D eigenvalue weighted by Crippen LogP contribution is -2.34. The van der Waals surface area contributed by atoms with Crippen LogP contribution in [0.15, 0.2) is 41.5 Å². The van der Waals surface area contributed by atoms with Crippen molar-refractivity contribution in [2.24, 2.45) is 5.10 Å². The van der Waals surface area contributed by atoms with Crippen LogP contribution in [0.2, 0.25) is 0 Å². The van der Waals surface area contributed by atoms with E-state index in [1.165, 1.54) is 33.6 Å². The summed E-state index contributed by atoms with van der Waals surface area (Å²) in [4.78, 5) is 24.1. The molecular formula is C20H23N3O6. The molecule has 0 unspecified atom stereocenters. The number of benzene rings is 2. The molecule has 2 aromatic rings. The summed E-state index contributed by atoms with van der Waals surface area (Å²) in [5.74, 6) is 1.20. The average Bonchev–Trinajstić information content (AvgIpc) is 2.76. The predicted molar refractivity (Wildman–Crippen MR) is 107 cm³/mol. The summed E-state index contributed by atoms with van der Waals surface area (Å²) in [7, 11) is 6.06. The molecular weight excluding hydrogens is 378 g/mol. The molecule has 0 atom stereocenters. The lowest BCUT2D eigenvalue weighted by Gasteiger charge is -2.09. The Labute approximate surface area is 168 Å². The predicted octanol–water partition coefficient (Wildman–Crippen LogP) is 1.60. The monoisotopic (exact) mass is 401 g/mol. The van der Waals surface area contributed by atoms with Crippen molar-refractivity contribution in [2.75, 3.05) is 35.0 Å². The van der Waals surface area contributed by atoms with Crippen LogP contribution in [0.25, 0.3) is 0 Å². The van der Waals surface area contributed by atoms with E-state index in [0.29, 0.717) is 34.1 Å². The molecule has 0 bridgehead atoms. The van der Waals surface area contributed by atoms with Gasteiger partial charge in [-0.15, -0.1) is 0 Å². The molecule has 2 N–H and O–H groups in total. The van der Waals surface area contributed by atoms with Gasteiger partial charge in [-0.1, -0.05) is 0 Å². The van der Waals surface area contributed by atoms with Crippen molar-refractivity contribution in [1.29, 1.82) is 0 Å². The van der Waals surface area contributed by atoms with E-state index in [-0.39, 0.29) is 6.54 Å². The van der Waals surface area contributed by atoms with E-state index >= 15 is 0 Å². The third kappa shape index (κ3) is 5.86. The van der Waals surface area contributed by atoms with Crippen molar-refractivity contribution in [2.45, 2.75) is 0 Å². The maximum atomic E-state index is 12.2. The minimum Gasteiger partial charge on any atom is -0.497 e. The van der Waals surface area contributed by atoms with Gasteiger partial charge in [-0.2, -0.15) is 5.10 Å². The van der Waals surface area contributed by atoms with E-state index in [1.54, 1.807) is 37.4 Å². The molecule has 2 rings (SSSR count). The van der Waals surface area contributed by atoms with Gasteiger partial charge in [0.1, 0.15) is 11.5 Å². The van der Waals surface area contributed by atoms with Crippen molar-refractivity contribution < 1.29 is 28.5 Å². The fourth-order valence-electron chi connectivity index (χ4n) is 2.38. The highest BCUT2D eigenvalue weighted by Gasteiger charge is 2.12. The maximum absolute atomic E-state index is 12.2. The zero-order chi connectivity index (χ0) is 21.2. The van der Waals surface area contributed by atoms with Crippen molar-refractivity contribution in [3.8, 4) is 23.0 Å². The number of rotatable bonds is 9. The number of amides is 2. The van der Waals surface area contributed by atoms with Crippen molar-refractivity contribution >= 4 is 18.0 Å². The first-order valence-electron chi connectivity index (χ1n) is 8.56. The van der Waals surface area contributed by atoms with Crippen LogP contribution in [-0.4, -0.2) is 53.0 Å². The molecule has 2 amide bonds. The Morgan fingerprint density at radius 3 is 2.28 bits per heavy atom. The van der Waals surface area contributed by atoms with Crippen LogP contribution >= 0.6 is 0 Å². The van der Waals surface area contributed by atoms with Gasteiger partial charge >= 0.3 is 0 Å². The molecule has 0 aromatic heterocycles. The molecule has 0 heterocycles. The van der Waals surface area contributed by atoms with Gasteiger partial charge in [0.25, 0.3) is 11.8 Å². The molecule has 0 fully saturated rings. The zero-order valence-corrected chi connectivity index (χ0v) is 16.6. The van der Waals surface area contributed by atoms with E-state index in [1.807, 2.05) is 0 Å². The number of hydrogen-bond acceptors (Lipinski definition) is 7. The zero-order valence-electron chi connectivity index (χ0n) is 16.6. The van der Waals surface area contributed by atoms with Crippen molar-refractivity contribution in [3.05, 3.63) is 47.5 Å². The summed E-state index contributed by atoms with van der Waals surface area (Å²) >= 11 is 0. The van der Waals surface area contributed by atoms with E-state index in [2.05, 4.69) is 15.8 Å². The Bertz CT molecular complexity index is 898. The highest BCUT2D eigenvalue weighted by molar-refractivity contribution is 5.97. The van der Waals surface area contributed by atoms with E-state index < -0.39 is 11.8 Å². The number of hydrogen-bond donors (Lipinski definition) is 2. The first-order valence-corrected chi connectivity index (χ1v) is 8.56. The van der Waals surface area contributed by atoms with Gasteiger partial charge in [0, 0.05) is 17.2 Å². The summed E-state index contributed by atoms with van der Waals surface area (Å²) in [5, 5.41) is 6.38. The van der Waals surface area contributed by atoms with Gasteiger partial charge in [-0.25, -0.2) is 5.43 Å². The molecule has 0 radical (unpaired) electrons. The van der Waals surface area contributed by atoms with Crippen LogP contribution in [-0.2, 0) is 4.79 Å². The van der Waals surface area contributed by atoms with E-state index in [0.717, 1.165) is 0 Å². The normalized spacial score (nSPS) is 10.3. The highest BCUT2D eigenvalue weighted by Crippen LogP contribution is 2.27. The summed E-state index contributed by atoms with van der Waals surface area (Å²) in [6, 6.07) is 9.90. The molecule has 0 spiro atoms. The Kier molecular flexibility index (Phi) is 7.84. The first kappa shape index (κ1) is 21.5. The fraction of sp³-hybridized carbons (Fsp3) is 0.250. The smallest absolute Gasteiger partial charge is 0.259 e. The van der Waals surface area contributed by atoms with Crippen LogP contribution < -0.4 is 29.7 Å². The Balaban J connectivity index is 1.90. The number of hydrazone groups is 1. The van der Waals surface area contributed by atoms with Gasteiger partial charge in [-0.3, -0.25) is 9.59 Å². The molecule has 29 heavy (non-hydrogen) atoms. The highest BCUT2D eigenvalue weighted by atomic mass is 16.5. The van der Waals surface area contributed by atoms with Crippen molar-refractivity contribution in [3.63, 3.8) is 0 Å². The van der Waals surface area contributed by atoms with Crippen molar-refractivity contribution in [1.82, 2.24) is 10.7 Å². The van der Waals surface area contributed by atoms with Gasteiger partial charge in [0.2, 0.25) is 0 Å². The Morgan fingerprint density at radius 1 is 0.897 bits per heavy atom. The molecule has 154 valence electrons. The third-order valence-electron chi connectivity index (χ3n) is 3.89. The molecule has 9 heteroatoms. The number of nitrogens with zero attached hydrogens (tertiary/aromatic N) is 1. The van der Waals surface area contributed by atoms with Gasteiger partial charge in [0.15, 0.2) is 11.5 Å². The second-order valence-electron chi connectivity index (χ2n) is 5.65. The third-order valence-corrected chi connectivity index (χ3v) is 3.89. The second kappa shape index (κ2) is 10.5. The van der Waals surface area contributed by atoms with Crippen LogP contribution in [0.5, 0.6) is 23.0 Å². The molecule has 0 aliphatic heterocycles. The van der Waals surface area contributed by atoms with E-state index in [4.69, 9.17) is 18.9 Å². The lowest BCUT2D eigenvalue weighted by molar-refractivity contribution is -0.120. The maximum Gasteiger partial charge on any atom is 0.259 e. The molecule has 0 aliphatic rings. The molecule has 0 saturated heterocycles. The fourth-order valence-corrected chi connectivity index (χ4v) is 2.38. The largest absolute Gasteiger partial charge is 0.497 e. The first-order chi connectivity index (χ1) is 14.0. The van der Waals surface area contributed by atoms with Gasteiger partial charge in [0.05, 0.1) is 41.2 Å².